The number of carbonyl (C=O) groups excluding carboxylic acids is 1. The molecule has 1 amide bonds. The molecule has 5 nitrogen and oxygen atoms in total. The third kappa shape index (κ3) is 3.03. The van der Waals surface area contributed by atoms with Gasteiger partial charge in [0.05, 0.1) is 6.04 Å². The molecule has 0 aliphatic rings. The van der Waals surface area contributed by atoms with Crippen LogP contribution in [0.15, 0.2) is 5.38 Å². The highest BCUT2D eigenvalue weighted by Gasteiger charge is 2.17. The van der Waals surface area contributed by atoms with Crippen LogP contribution in [0.4, 0.5) is 0 Å². The second-order valence-corrected chi connectivity index (χ2v) is 4.65. The summed E-state index contributed by atoms with van der Waals surface area (Å²) >= 11 is 1.23. The first kappa shape index (κ1) is 12.6. The Balaban J connectivity index is 2.69. The van der Waals surface area contributed by atoms with Crippen molar-refractivity contribution in [3.05, 3.63) is 16.1 Å². The molecule has 1 heterocycles. The summed E-state index contributed by atoms with van der Waals surface area (Å²) in [5, 5.41) is 13.5. The van der Waals surface area contributed by atoms with Crippen LogP contribution < -0.4 is 5.32 Å². The standard InChI is InChI=1S/C10H14N2O3S/c1-5(2)8(13)11-6(3)9-12-7(4-16-9)10(14)15/h4-6H,1-3H3,(H,11,13)(H,14,15). The average Bonchev–Trinajstić information content (AvgIpc) is 2.65. The molecular formula is C10H14N2O3S. The summed E-state index contributed by atoms with van der Waals surface area (Å²) in [4.78, 5) is 26.0. The molecule has 1 unspecified atom stereocenters. The van der Waals surface area contributed by atoms with Gasteiger partial charge in [-0.3, -0.25) is 4.79 Å². The van der Waals surface area contributed by atoms with Gasteiger partial charge >= 0.3 is 5.97 Å². The maximum Gasteiger partial charge on any atom is 0.355 e. The van der Waals surface area contributed by atoms with E-state index in [1.165, 1.54) is 16.7 Å². The fourth-order valence-electron chi connectivity index (χ4n) is 1.03. The largest absolute Gasteiger partial charge is 0.476 e. The second kappa shape index (κ2) is 5.07. The molecule has 0 fully saturated rings. The Morgan fingerprint density at radius 1 is 1.44 bits per heavy atom. The van der Waals surface area contributed by atoms with Gasteiger partial charge in [0.15, 0.2) is 5.69 Å². The summed E-state index contributed by atoms with van der Waals surface area (Å²) in [5.74, 6) is -1.22. The third-order valence-electron chi connectivity index (χ3n) is 1.99. The smallest absolute Gasteiger partial charge is 0.355 e. The first-order valence-corrected chi connectivity index (χ1v) is 5.79. The molecule has 0 saturated heterocycles. The molecule has 1 aromatic rings. The van der Waals surface area contributed by atoms with E-state index in [-0.39, 0.29) is 23.6 Å². The molecule has 88 valence electrons. The van der Waals surface area contributed by atoms with E-state index in [1.807, 2.05) is 0 Å². The summed E-state index contributed by atoms with van der Waals surface area (Å²) < 4.78 is 0. The molecule has 0 aliphatic carbocycles. The average molecular weight is 242 g/mol. The van der Waals surface area contributed by atoms with Crippen LogP contribution in [0.25, 0.3) is 0 Å². The van der Waals surface area contributed by atoms with Gasteiger partial charge in [-0.1, -0.05) is 13.8 Å². The Hall–Kier alpha value is -1.43. The number of carboxylic acid groups (broad SMARTS) is 1. The van der Waals surface area contributed by atoms with Crippen molar-refractivity contribution in [3.8, 4) is 0 Å². The third-order valence-corrected chi connectivity index (χ3v) is 3.02. The van der Waals surface area contributed by atoms with Gasteiger partial charge in [0.25, 0.3) is 0 Å². The zero-order valence-electron chi connectivity index (χ0n) is 9.35. The predicted molar refractivity (Wildman–Crippen MR) is 60.5 cm³/mol. The fraction of sp³-hybridized carbons (Fsp3) is 0.500. The fourth-order valence-corrected chi connectivity index (χ4v) is 1.83. The lowest BCUT2D eigenvalue weighted by Crippen LogP contribution is -2.30. The van der Waals surface area contributed by atoms with Crippen LogP contribution in [0, 0.1) is 5.92 Å². The Kier molecular flexibility index (Phi) is 4.00. The van der Waals surface area contributed by atoms with Gasteiger partial charge in [-0.25, -0.2) is 9.78 Å². The summed E-state index contributed by atoms with van der Waals surface area (Å²) in [6.07, 6.45) is 0. The summed E-state index contributed by atoms with van der Waals surface area (Å²) in [6.45, 7) is 5.38. The van der Waals surface area contributed by atoms with Gasteiger partial charge in [-0.2, -0.15) is 0 Å². The SMILES string of the molecule is CC(C)C(=O)NC(C)c1nc(C(=O)O)cs1. The van der Waals surface area contributed by atoms with Crippen molar-refractivity contribution in [2.75, 3.05) is 0 Å². The van der Waals surface area contributed by atoms with Crippen LogP contribution >= 0.6 is 11.3 Å². The van der Waals surface area contributed by atoms with Crippen LogP contribution in [-0.2, 0) is 4.79 Å². The molecule has 0 aromatic carbocycles. The molecule has 0 radical (unpaired) electrons. The van der Waals surface area contributed by atoms with E-state index < -0.39 is 5.97 Å². The minimum atomic E-state index is -1.05. The summed E-state index contributed by atoms with van der Waals surface area (Å²) in [6, 6.07) is -0.256. The van der Waals surface area contributed by atoms with Crippen LogP contribution in [0.5, 0.6) is 0 Å². The minimum absolute atomic E-state index is 0.0191. The maximum absolute atomic E-state index is 11.4. The van der Waals surface area contributed by atoms with E-state index in [0.717, 1.165) is 0 Å². The normalized spacial score (nSPS) is 12.5. The van der Waals surface area contributed by atoms with Gasteiger partial charge in [0.2, 0.25) is 5.91 Å². The van der Waals surface area contributed by atoms with Crippen molar-refractivity contribution in [1.29, 1.82) is 0 Å². The van der Waals surface area contributed by atoms with Crippen LogP contribution in [0.2, 0.25) is 0 Å². The van der Waals surface area contributed by atoms with Gasteiger partial charge in [0, 0.05) is 11.3 Å². The number of nitrogens with zero attached hydrogens (tertiary/aromatic N) is 1. The van der Waals surface area contributed by atoms with Crippen LogP contribution in [0.3, 0.4) is 0 Å². The van der Waals surface area contributed by atoms with Gasteiger partial charge in [-0.05, 0) is 6.92 Å². The first-order chi connectivity index (χ1) is 7.41. The predicted octanol–water partition coefficient (Wildman–Crippen LogP) is 1.67. The molecule has 1 rings (SSSR count). The number of aromatic nitrogens is 1. The highest BCUT2D eigenvalue weighted by molar-refractivity contribution is 7.09. The van der Waals surface area contributed by atoms with Crippen molar-refractivity contribution in [2.24, 2.45) is 5.92 Å². The van der Waals surface area contributed by atoms with E-state index in [1.54, 1.807) is 20.8 Å². The highest BCUT2D eigenvalue weighted by Crippen LogP contribution is 2.18. The molecule has 1 atom stereocenters. The molecule has 2 N–H and O–H groups in total. The summed E-state index contributed by atoms with van der Waals surface area (Å²) in [5.41, 5.74) is 0.0191. The Morgan fingerprint density at radius 3 is 2.50 bits per heavy atom. The number of carboxylic acids is 1. The molecule has 0 aliphatic heterocycles. The number of nitrogens with one attached hydrogen (secondary N) is 1. The van der Waals surface area contributed by atoms with Gasteiger partial charge in [0.1, 0.15) is 5.01 Å². The Labute approximate surface area is 97.5 Å². The van der Waals surface area contributed by atoms with Gasteiger partial charge < -0.3 is 10.4 Å². The van der Waals surface area contributed by atoms with E-state index in [0.29, 0.717) is 5.01 Å². The molecule has 1 aromatic heterocycles. The summed E-state index contributed by atoms with van der Waals surface area (Å²) in [7, 11) is 0. The van der Waals surface area contributed by atoms with Crippen molar-refractivity contribution in [2.45, 2.75) is 26.8 Å². The van der Waals surface area contributed by atoms with Crippen LogP contribution in [0.1, 0.15) is 42.3 Å². The first-order valence-electron chi connectivity index (χ1n) is 4.91. The molecule has 0 spiro atoms. The quantitative estimate of drug-likeness (QED) is 0.841. The van der Waals surface area contributed by atoms with Crippen molar-refractivity contribution >= 4 is 23.2 Å². The minimum Gasteiger partial charge on any atom is -0.476 e. The number of hydrogen-bond acceptors (Lipinski definition) is 4. The molecule has 16 heavy (non-hydrogen) atoms. The molecular weight excluding hydrogens is 228 g/mol. The lowest BCUT2D eigenvalue weighted by molar-refractivity contribution is -0.124. The monoisotopic (exact) mass is 242 g/mol. The number of amides is 1. The number of hydrogen-bond donors (Lipinski definition) is 2. The Bertz CT molecular complexity index is 401. The highest BCUT2D eigenvalue weighted by atomic mass is 32.1. The van der Waals surface area contributed by atoms with Crippen molar-refractivity contribution in [3.63, 3.8) is 0 Å². The topological polar surface area (TPSA) is 79.3 Å². The van der Waals surface area contributed by atoms with Crippen molar-refractivity contribution < 1.29 is 14.7 Å². The zero-order chi connectivity index (χ0) is 12.3. The lowest BCUT2D eigenvalue weighted by Gasteiger charge is -2.12. The van der Waals surface area contributed by atoms with E-state index in [9.17, 15) is 9.59 Å². The number of carbonyl (C=O) groups is 2. The molecule has 0 saturated carbocycles. The van der Waals surface area contributed by atoms with E-state index in [4.69, 9.17) is 5.11 Å². The second-order valence-electron chi connectivity index (χ2n) is 3.76. The van der Waals surface area contributed by atoms with E-state index >= 15 is 0 Å². The number of aromatic carboxylic acids is 1. The maximum atomic E-state index is 11.4. The van der Waals surface area contributed by atoms with Gasteiger partial charge in [-0.15, -0.1) is 11.3 Å². The van der Waals surface area contributed by atoms with E-state index in [2.05, 4.69) is 10.3 Å². The lowest BCUT2D eigenvalue weighted by atomic mass is 10.2. The van der Waals surface area contributed by atoms with Crippen LogP contribution in [-0.4, -0.2) is 22.0 Å². The van der Waals surface area contributed by atoms with Crippen molar-refractivity contribution in [1.82, 2.24) is 10.3 Å². The molecule has 6 heteroatoms. The number of thiazole rings is 1. The zero-order valence-corrected chi connectivity index (χ0v) is 10.2. The Morgan fingerprint density at radius 2 is 2.06 bits per heavy atom. The molecule has 0 bridgehead atoms. The number of rotatable bonds is 4.